The van der Waals surface area contributed by atoms with Crippen LogP contribution in [0.3, 0.4) is 0 Å². The molecule has 0 radical (unpaired) electrons. The van der Waals surface area contributed by atoms with Crippen molar-refractivity contribution in [2.75, 3.05) is 13.7 Å². The molecule has 3 aromatic carbocycles. The number of hydrogen-bond donors (Lipinski definition) is 1. The van der Waals surface area contributed by atoms with E-state index in [4.69, 9.17) is 9.47 Å². The smallest absolute Gasteiger partial charge is 0.311 e. The Labute approximate surface area is 225 Å². The molecule has 0 saturated carbocycles. The molecule has 0 aromatic heterocycles. The van der Waals surface area contributed by atoms with Gasteiger partial charge in [-0.3, -0.25) is 24.1 Å². The van der Waals surface area contributed by atoms with E-state index in [-0.39, 0.29) is 54.8 Å². The molecule has 3 aromatic rings. The van der Waals surface area contributed by atoms with Gasteiger partial charge in [-0.15, -0.1) is 0 Å². The summed E-state index contributed by atoms with van der Waals surface area (Å²) in [6.07, 6.45) is 1.62. The van der Waals surface area contributed by atoms with Crippen LogP contribution >= 0.6 is 0 Å². The zero-order valence-corrected chi connectivity index (χ0v) is 21.2. The number of carbonyl (C=O) groups excluding carboxylic acids is 4. The van der Waals surface area contributed by atoms with E-state index in [9.17, 15) is 24.4 Å². The second-order valence-electron chi connectivity index (χ2n) is 8.63. The molecular formula is C30H25N3O6. The molecule has 3 amide bonds. The number of nitriles is 1. The number of carbonyl (C=O) groups is 4. The largest absolute Gasteiger partial charge is 0.493 e. The van der Waals surface area contributed by atoms with Gasteiger partial charge in [0.05, 0.1) is 18.2 Å². The molecule has 1 heterocycles. The predicted molar refractivity (Wildman–Crippen MR) is 142 cm³/mol. The Hall–Kier alpha value is -5.23. The molecular weight excluding hydrogens is 498 g/mol. The molecule has 0 bridgehead atoms. The van der Waals surface area contributed by atoms with Gasteiger partial charge in [-0.25, -0.2) is 0 Å². The maximum Gasteiger partial charge on any atom is 0.311 e. The molecule has 4 rings (SSSR count). The van der Waals surface area contributed by atoms with Crippen molar-refractivity contribution in [2.24, 2.45) is 0 Å². The van der Waals surface area contributed by atoms with Gasteiger partial charge in [-0.2, -0.15) is 5.26 Å². The van der Waals surface area contributed by atoms with Crippen LogP contribution < -0.4 is 14.8 Å². The first-order chi connectivity index (χ1) is 18.9. The van der Waals surface area contributed by atoms with Gasteiger partial charge in [0.25, 0.3) is 17.7 Å². The minimum atomic E-state index is -0.564. The van der Waals surface area contributed by atoms with Crippen molar-refractivity contribution >= 4 is 29.8 Å². The van der Waals surface area contributed by atoms with Gasteiger partial charge in [0.15, 0.2) is 11.5 Å². The average Bonchev–Trinajstić information content (AvgIpc) is 3.20. The van der Waals surface area contributed by atoms with Gasteiger partial charge in [0, 0.05) is 19.5 Å². The van der Waals surface area contributed by atoms with E-state index < -0.39 is 11.9 Å². The fraction of sp³-hybridized carbons (Fsp3) is 0.167. The van der Waals surface area contributed by atoms with Gasteiger partial charge < -0.3 is 14.8 Å². The molecule has 0 atom stereocenters. The highest BCUT2D eigenvalue weighted by atomic mass is 16.6. The number of nitrogens with zero attached hydrogens (tertiary/aromatic N) is 2. The first kappa shape index (κ1) is 26.8. The SMILES string of the molecule is COc1cc(/C=C(\C#N)C(=O)NCc2ccccc2)ccc1OC(=O)CCCN1C(=O)c2ccccc2C1=O. The molecule has 9 nitrogen and oxygen atoms in total. The molecule has 0 spiro atoms. The highest BCUT2D eigenvalue weighted by Gasteiger charge is 2.34. The van der Waals surface area contributed by atoms with Crippen molar-refractivity contribution in [3.05, 3.63) is 101 Å². The summed E-state index contributed by atoms with van der Waals surface area (Å²) in [4.78, 5) is 51.0. The van der Waals surface area contributed by atoms with Crippen molar-refractivity contribution in [1.29, 1.82) is 5.26 Å². The van der Waals surface area contributed by atoms with Crippen molar-refractivity contribution < 1.29 is 28.7 Å². The highest BCUT2D eigenvalue weighted by molar-refractivity contribution is 6.21. The Morgan fingerprint density at radius 2 is 1.62 bits per heavy atom. The fourth-order valence-corrected chi connectivity index (χ4v) is 4.04. The molecule has 9 heteroatoms. The Kier molecular flexibility index (Phi) is 8.49. The number of benzene rings is 3. The maximum atomic E-state index is 12.5. The number of amides is 3. The zero-order valence-electron chi connectivity index (χ0n) is 21.2. The van der Waals surface area contributed by atoms with Gasteiger partial charge in [0.2, 0.25) is 0 Å². The van der Waals surface area contributed by atoms with E-state index in [1.165, 1.54) is 19.3 Å². The van der Waals surface area contributed by atoms with Crippen molar-refractivity contribution in [1.82, 2.24) is 10.2 Å². The number of fused-ring (bicyclic) bond motifs is 1. The van der Waals surface area contributed by atoms with Crippen LogP contribution in [0.2, 0.25) is 0 Å². The third kappa shape index (κ3) is 6.37. The van der Waals surface area contributed by atoms with Crippen LogP contribution in [0.5, 0.6) is 11.5 Å². The van der Waals surface area contributed by atoms with Crippen molar-refractivity contribution in [3.8, 4) is 17.6 Å². The Morgan fingerprint density at radius 3 is 2.26 bits per heavy atom. The third-order valence-electron chi connectivity index (χ3n) is 6.02. The highest BCUT2D eigenvalue weighted by Crippen LogP contribution is 2.30. The van der Waals surface area contributed by atoms with E-state index >= 15 is 0 Å². The lowest BCUT2D eigenvalue weighted by Crippen LogP contribution is -2.31. The molecule has 196 valence electrons. The fourth-order valence-electron chi connectivity index (χ4n) is 4.04. The minimum Gasteiger partial charge on any atom is -0.493 e. The lowest BCUT2D eigenvalue weighted by atomic mass is 10.1. The number of rotatable bonds is 10. The first-order valence-electron chi connectivity index (χ1n) is 12.2. The quantitative estimate of drug-likeness (QED) is 0.140. The van der Waals surface area contributed by atoms with Crippen molar-refractivity contribution in [3.63, 3.8) is 0 Å². The summed E-state index contributed by atoms with van der Waals surface area (Å²) >= 11 is 0. The molecule has 1 N–H and O–H groups in total. The monoisotopic (exact) mass is 523 g/mol. The topological polar surface area (TPSA) is 126 Å². The maximum absolute atomic E-state index is 12.5. The van der Waals surface area contributed by atoms with E-state index in [0.717, 1.165) is 10.5 Å². The molecule has 0 aliphatic carbocycles. The van der Waals surface area contributed by atoms with Gasteiger partial charge in [-0.1, -0.05) is 48.5 Å². The van der Waals surface area contributed by atoms with Crippen LogP contribution in [0.1, 0.15) is 44.7 Å². The third-order valence-corrected chi connectivity index (χ3v) is 6.02. The summed E-state index contributed by atoms with van der Waals surface area (Å²) in [5, 5.41) is 12.2. The Bertz CT molecular complexity index is 1460. The number of hydrogen-bond acceptors (Lipinski definition) is 7. The standard InChI is InChI=1S/C30H25N3O6/c1-38-26-17-21(16-22(18-31)28(35)32-19-20-8-3-2-4-9-20)13-14-25(26)39-27(34)12-7-15-33-29(36)23-10-5-6-11-24(23)30(33)37/h2-6,8-11,13-14,16-17H,7,12,15,19H2,1H3,(H,32,35)/b22-16+. The summed E-state index contributed by atoms with van der Waals surface area (Å²) < 4.78 is 10.8. The second kappa shape index (κ2) is 12.3. The van der Waals surface area contributed by atoms with Crippen molar-refractivity contribution in [2.45, 2.75) is 19.4 Å². The molecule has 39 heavy (non-hydrogen) atoms. The van der Waals surface area contributed by atoms with Crippen LogP contribution in [0.25, 0.3) is 6.08 Å². The summed E-state index contributed by atoms with van der Waals surface area (Å²) in [7, 11) is 1.40. The van der Waals surface area contributed by atoms with E-state index in [2.05, 4.69) is 5.32 Å². The number of esters is 1. The summed E-state index contributed by atoms with van der Waals surface area (Å²) in [5.74, 6) is -1.44. The molecule has 1 aliphatic heterocycles. The number of ether oxygens (including phenoxy) is 2. The normalized spacial score (nSPS) is 12.5. The number of imide groups is 1. The van der Waals surface area contributed by atoms with Crippen LogP contribution in [0.4, 0.5) is 0 Å². The summed E-state index contributed by atoms with van der Waals surface area (Å²) in [6.45, 7) is 0.371. The molecule has 0 fully saturated rings. The van der Waals surface area contributed by atoms with E-state index in [1.54, 1.807) is 36.4 Å². The van der Waals surface area contributed by atoms with Crippen LogP contribution in [-0.4, -0.2) is 42.2 Å². The molecule has 0 saturated heterocycles. The van der Waals surface area contributed by atoms with E-state index in [0.29, 0.717) is 16.7 Å². The number of nitrogens with one attached hydrogen (secondary N) is 1. The lowest BCUT2D eigenvalue weighted by molar-refractivity contribution is -0.134. The van der Waals surface area contributed by atoms with Crippen LogP contribution in [0, 0.1) is 11.3 Å². The predicted octanol–water partition coefficient (Wildman–Crippen LogP) is 3.90. The lowest BCUT2D eigenvalue weighted by Gasteiger charge is -2.14. The van der Waals surface area contributed by atoms with Gasteiger partial charge in [-0.05, 0) is 47.9 Å². The second-order valence-corrected chi connectivity index (χ2v) is 8.63. The van der Waals surface area contributed by atoms with Gasteiger partial charge >= 0.3 is 5.97 Å². The van der Waals surface area contributed by atoms with Crippen LogP contribution in [0.15, 0.2) is 78.4 Å². The minimum absolute atomic E-state index is 0.0294. The molecule has 0 unspecified atom stereocenters. The summed E-state index contributed by atoms with van der Waals surface area (Å²) in [6, 6.07) is 22.5. The zero-order chi connectivity index (χ0) is 27.8. The van der Waals surface area contributed by atoms with E-state index in [1.807, 2.05) is 36.4 Å². The van der Waals surface area contributed by atoms with Gasteiger partial charge in [0.1, 0.15) is 11.6 Å². The number of methoxy groups -OCH3 is 1. The summed E-state index contributed by atoms with van der Waals surface area (Å²) in [5.41, 5.74) is 2.03. The van der Waals surface area contributed by atoms with Crippen LogP contribution in [-0.2, 0) is 16.1 Å². The Balaban J connectivity index is 1.33. The average molecular weight is 524 g/mol. The molecule has 1 aliphatic rings. The Morgan fingerprint density at radius 1 is 0.949 bits per heavy atom. The first-order valence-corrected chi connectivity index (χ1v) is 12.2.